The number of carbonyl (C=O) groups excluding carboxylic acids is 1. The number of rotatable bonds is 9. The van der Waals surface area contributed by atoms with Crippen molar-refractivity contribution in [1.29, 1.82) is 0 Å². The van der Waals surface area contributed by atoms with Gasteiger partial charge >= 0.3 is 0 Å². The lowest BCUT2D eigenvalue weighted by Crippen LogP contribution is -2.02. The zero-order valence-corrected chi connectivity index (χ0v) is 16.0. The van der Waals surface area contributed by atoms with E-state index in [0.717, 1.165) is 48.5 Å². The van der Waals surface area contributed by atoms with Crippen LogP contribution in [0.3, 0.4) is 0 Å². The van der Waals surface area contributed by atoms with Gasteiger partial charge in [0.15, 0.2) is 5.78 Å². The van der Waals surface area contributed by atoms with Crippen molar-refractivity contribution in [3.63, 3.8) is 0 Å². The number of halogens is 1. The molecule has 0 saturated heterocycles. The summed E-state index contributed by atoms with van der Waals surface area (Å²) in [5.74, 6) is 0.143. The number of ketones is 1. The molecule has 2 aromatic heterocycles. The molecule has 27 heavy (non-hydrogen) atoms. The van der Waals surface area contributed by atoms with Gasteiger partial charge in [-0.3, -0.25) is 14.8 Å². The Hall–Kier alpha value is -2.52. The quantitative estimate of drug-likeness (QED) is 0.461. The van der Waals surface area contributed by atoms with Crippen LogP contribution in [0.2, 0.25) is 5.02 Å². The van der Waals surface area contributed by atoms with E-state index in [2.05, 4.69) is 16.0 Å². The molecule has 0 aliphatic heterocycles. The minimum atomic E-state index is 0.143. The van der Waals surface area contributed by atoms with E-state index >= 15 is 0 Å². The van der Waals surface area contributed by atoms with Gasteiger partial charge in [0.05, 0.1) is 0 Å². The van der Waals surface area contributed by atoms with Gasteiger partial charge in [-0.25, -0.2) is 0 Å². The largest absolute Gasteiger partial charge is 0.294 e. The van der Waals surface area contributed by atoms with Crippen LogP contribution in [-0.2, 0) is 19.3 Å². The fourth-order valence-corrected chi connectivity index (χ4v) is 3.24. The third-order valence-corrected chi connectivity index (χ3v) is 4.73. The van der Waals surface area contributed by atoms with Gasteiger partial charge in [0.2, 0.25) is 0 Å². The maximum Gasteiger partial charge on any atom is 0.164 e. The average molecular weight is 379 g/mol. The Kier molecular flexibility index (Phi) is 7.11. The number of benzene rings is 1. The van der Waals surface area contributed by atoms with Crippen LogP contribution in [0.4, 0.5) is 0 Å². The molecule has 3 rings (SSSR count). The van der Waals surface area contributed by atoms with E-state index in [0.29, 0.717) is 12.0 Å². The van der Waals surface area contributed by atoms with Crippen LogP contribution >= 0.6 is 11.6 Å². The third-order valence-electron chi connectivity index (χ3n) is 4.50. The number of nitrogens with zero attached hydrogens (tertiary/aromatic N) is 2. The summed E-state index contributed by atoms with van der Waals surface area (Å²) in [4.78, 5) is 21.0. The summed E-state index contributed by atoms with van der Waals surface area (Å²) in [5.41, 5.74) is 3.97. The zero-order valence-electron chi connectivity index (χ0n) is 15.3. The van der Waals surface area contributed by atoms with Gasteiger partial charge in [-0.1, -0.05) is 29.8 Å². The first-order chi connectivity index (χ1) is 13.2. The molecule has 138 valence electrons. The smallest absolute Gasteiger partial charge is 0.164 e. The first-order valence-corrected chi connectivity index (χ1v) is 9.71. The van der Waals surface area contributed by atoms with Crippen molar-refractivity contribution in [2.24, 2.45) is 0 Å². The van der Waals surface area contributed by atoms with E-state index in [9.17, 15) is 4.79 Å². The van der Waals surface area contributed by atoms with Crippen molar-refractivity contribution in [2.45, 2.75) is 38.5 Å². The van der Waals surface area contributed by atoms with Crippen LogP contribution in [0.15, 0.2) is 67.0 Å². The van der Waals surface area contributed by atoms with Gasteiger partial charge in [-0.2, -0.15) is 0 Å². The predicted octanol–water partition coefficient (Wildman–Crippen LogP) is 5.51. The first kappa shape index (κ1) is 19.2. The molecular formula is C23H23ClN2O. The number of aryl methyl sites for hydroxylation is 3. The molecule has 2 heterocycles. The Bertz CT molecular complexity index is 863. The normalized spacial score (nSPS) is 10.7. The second kappa shape index (κ2) is 9.98. The minimum absolute atomic E-state index is 0.143. The number of hydrogen-bond donors (Lipinski definition) is 0. The SMILES string of the molecule is O=C(CCCc1ccccn1)c1ccc(CCCc2cccc(Cl)c2)nc1. The van der Waals surface area contributed by atoms with Gasteiger partial charge in [-0.15, -0.1) is 0 Å². The molecule has 0 N–H and O–H groups in total. The Morgan fingerprint density at radius 1 is 0.852 bits per heavy atom. The Balaban J connectivity index is 1.43. The van der Waals surface area contributed by atoms with Crippen LogP contribution in [0.5, 0.6) is 0 Å². The van der Waals surface area contributed by atoms with Gasteiger partial charge < -0.3 is 0 Å². The van der Waals surface area contributed by atoms with Crippen molar-refractivity contribution in [3.8, 4) is 0 Å². The Morgan fingerprint density at radius 2 is 1.70 bits per heavy atom. The highest BCUT2D eigenvalue weighted by Gasteiger charge is 2.07. The Morgan fingerprint density at radius 3 is 2.44 bits per heavy atom. The maximum absolute atomic E-state index is 12.3. The van der Waals surface area contributed by atoms with Crippen molar-refractivity contribution >= 4 is 17.4 Å². The van der Waals surface area contributed by atoms with Crippen molar-refractivity contribution in [3.05, 3.63) is 94.5 Å². The summed E-state index contributed by atoms with van der Waals surface area (Å²) >= 11 is 6.01. The first-order valence-electron chi connectivity index (χ1n) is 9.33. The monoisotopic (exact) mass is 378 g/mol. The lowest BCUT2D eigenvalue weighted by Gasteiger charge is -2.05. The number of hydrogen-bond acceptors (Lipinski definition) is 3. The fraction of sp³-hybridized carbons (Fsp3) is 0.261. The number of aromatic nitrogens is 2. The molecule has 4 heteroatoms. The third kappa shape index (κ3) is 6.30. The zero-order chi connectivity index (χ0) is 18.9. The fourth-order valence-electron chi connectivity index (χ4n) is 3.02. The number of Topliss-reactive ketones (excluding diaryl/α,β-unsaturated/α-hetero) is 1. The molecule has 0 unspecified atom stereocenters. The van der Waals surface area contributed by atoms with Gasteiger partial charge in [0, 0.05) is 40.8 Å². The molecule has 0 bridgehead atoms. The van der Waals surface area contributed by atoms with Gasteiger partial charge in [0.25, 0.3) is 0 Å². The lowest BCUT2D eigenvalue weighted by atomic mass is 10.0. The highest BCUT2D eigenvalue weighted by molar-refractivity contribution is 6.30. The second-order valence-corrected chi connectivity index (χ2v) is 7.06. The van der Waals surface area contributed by atoms with Crippen LogP contribution in [0, 0.1) is 0 Å². The second-order valence-electron chi connectivity index (χ2n) is 6.62. The van der Waals surface area contributed by atoms with Crippen LogP contribution < -0.4 is 0 Å². The average Bonchev–Trinajstić information content (AvgIpc) is 2.69. The summed E-state index contributed by atoms with van der Waals surface area (Å²) in [7, 11) is 0. The number of pyridine rings is 2. The molecule has 0 saturated carbocycles. The van der Waals surface area contributed by atoms with Crippen LogP contribution in [-0.4, -0.2) is 15.8 Å². The maximum atomic E-state index is 12.3. The lowest BCUT2D eigenvalue weighted by molar-refractivity contribution is 0.0980. The van der Waals surface area contributed by atoms with E-state index in [4.69, 9.17) is 11.6 Å². The van der Waals surface area contributed by atoms with Crippen molar-refractivity contribution in [2.75, 3.05) is 0 Å². The number of carbonyl (C=O) groups is 1. The molecular weight excluding hydrogens is 356 g/mol. The van der Waals surface area contributed by atoms with Crippen LogP contribution in [0.1, 0.15) is 46.6 Å². The molecule has 3 nitrogen and oxygen atoms in total. The molecule has 0 aliphatic carbocycles. The van der Waals surface area contributed by atoms with E-state index in [1.54, 1.807) is 12.4 Å². The van der Waals surface area contributed by atoms with E-state index in [1.807, 2.05) is 48.5 Å². The molecule has 1 aromatic carbocycles. The highest BCUT2D eigenvalue weighted by Crippen LogP contribution is 2.14. The summed E-state index contributed by atoms with van der Waals surface area (Å²) in [6, 6.07) is 17.7. The van der Waals surface area contributed by atoms with Gasteiger partial charge in [-0.05, 0) is 74.1 Å². The molecule has 0 fully saturated rings. The van der Waals surface area contributed by atoms with E-state index in [1.165, 1.54) is 5.56 Å². The Labute approximate surface area is 165 Å². The minimum Gasteiger partial charge on any atom is -0.294 e. The van der Waals surface area contributed by atoms with E-state index in [-0.39, 0.29) is 5.78 Å². The molecule has 0 spiro atoms. The summed E-state index contributed by atoms with van der Waals surface area (Å²) in [6.45, 7) is 0. The van der Waals surface area contributed by atoms with Gasteiger partial charge in [0.1, 0.15) is 0 Å². The molecule has 0 aliphatic rings. The molecule has 0 radical (unpaired) electrons. The predicted molar refractivity (Wildman–Crippen MR) is 109 cm³/mol. The van der Waals surface area contributed by atoms with Crippen molar-refractivity contribution in [1.82, 2.24) is 9.97 Å². The standard InChI is InChI=1S/C23H23ClN2O/c24-20-8-3-6-18(16-20)7-4-10-22-14-13-19(17-26-22)23(27)12-5-11-21-9-1-2-15-25-21/h1-3,6,8-9,13-17H,4-5,7,10-12H2. The van der Waals surface area contributed by atoms with Crippen LogP contribution in [0.25, 0.3) is 0 Å². The van der Waals surface area contributed by atoms with E-state index < -0.39 is 0 Å². The highest BCUT2D eigenvalue weighted by atomic mass is 35.5. The topological polar surface area (TPSA) is 42.9 Å². The molecule has 0 amide bonds. The summed E-state index contributed by atoms with van der Waals surface area (Å²) in [6.07, 6.45) is 8.50. The molecule has 0 atom stereocenters. The molecule has 3 aromatic rings. The summed E-state index contributed by atoms with van der Waals surface area (Å²) in [5, 5.41) is 0.775. The summed E-state index contributed by atoms with van der Waals surface area (Å²) < 4.78 is 0. The van der Waals surface area contributed by atoms with Crippen molar-refractivity contribution < 1.29 is 4.79 Å².